The predicted molar refractivity (Wildman–Crippen MR) is 91.5 cm³/mol. The van der Waals surface area contributed by atoms with E-state index < -0.39 is 0 Å². The maximum absolute atomic E-state index is 5.20. The van der Waals surface area contributed by atoms with Crippen LogP contribution in [0, 0.1) is 11.8 Å². The summed E-state index contributed by atoms with van der Waals surface area (Å²) in [4.78, 5) is 0. The Morgan fingerprint density at radius 2 is 1.90 bits per heavy atom. The van der Waals surface area contributed by atoms with Crippen molar-refractivity contribution in [3.8, 4) is 0 Å². The van der Waals surface area contributed by atoms with Gasteiger partial charge in [0.1, 0.15) is 0 Å². The highest BCUT2D eigenvalue weighted by Gasteiger charge is 2.13. The van der Waals surface area contributed by atoms with Crippen molar-refractivity contribution in [2.75, 3.05) is 13.1 Å². The van der Waals surface area contributed by atoms with Crippen LogP contribution in [0.4, 0.5) is 0 Å². The standard InChI is InChI=1S/C18H24BrNO/c1-14(2)11-20-12-16(9-15-7-8-21-13-15)10-17-5-3-4-6-18(17)19/h3-8,13-14,16,20H,9-12H2,1-2H3. The van der Waals surface area contributed by atoms with E-state index in [9.17, 15) is 0 Å². The van der Waals surface area contributed by atoms with Gasteiger partial charge in [0.05, 0.1) is 12.5 Å². The zero-order valence-corrected chi connectivity index (χ0v) is 14.4. The van der Waals surface area contributed by atoms with E-state index in [0.29, 0.717) is 11.8 Å². The first-order chi connectivity index (χ1) is 10.1. The minimum atomic E-state index is 0.569. The van der Waals surface area contributed by atoms with Crippen molar-refractivity contribution in [3.05, 3.63) is 58.5 Å². The first kappa shape index (κ1) is 16.3. The topological polar surface area (TPSA) is 25.2 Å². The molecule has 1 atom stereocenters. The lowest BCUT2D eigenvalue weighted by molar-refractivity contribution is 0.443. The van der Waals surface area contributed by atoms with Gasteiger partial charge in [-0.2, -0.15) is 0 Å². The Morgan fingerprint density at radius 3 is 2.57 bits per heavy atom. The van der Waals surface area contributed by atoms with Crippen molar-refractivity contribution in [1.29, 1.82) is 0 Å². The summed E-state index contributed by atoms with van der Waals surface area (Å²) < 4.78 is 6.40. The highest BCUT2D eigenvalue weighted by atomic mass is 79.9. The lowest BCUT2D eigenvalue weighted by atomic mass is 9.93. The molecule has 114 valence electrons. The SMILES string of the molecule is CC(C)CNCC(Cc1ccoc1)Cc1ccccc1Br. The Bertz CT molecular complexity index is 522. The Morgan fingerprint density at radius 1 is 1.10 bits per heavy atom. The van der Waals surface area contributed by atoms with Gasteiger partial charge in [-0.1, -0.05) is 48.0 Å². The monoisotopic (exact) mass is 349 g/mol. The van der Waals surface area contributed by atoms with Crippen molar-refractivity contribution in [2.24, 2.45) is 11.8 Å². The van der Waals surface area contributed by atoms with Crippen LogP contribution in [0.5, 0.6) is 0 Å². The summed E-state index contributed by atoms with van der Waals surface area (Å²) in [6.07, 6.45) is 5.72. The molecule has 0 saturated carbocycles. The third kappa shape index (κ3) is 5.68. The predicted octanol–water partition coefficient (Wildman–Crippen LogP) is 4.69. The van der Waals surface area contributed by atoms with E-state index in [4.69, 9.17) is 4.42 Å². The first-order valence-corrected chi connectivity index (χ1v) is 8.39. The molecule has 0 radical (unpaired) electrons. The maximum atomic E-state index is 5.20. The van der Waals surface area contributed by atoms with E-state index in [-0.39, 0.29) is 0 Å². The van der Waals surface area contributed by atoms with Crippen LogP contribution in [0.15, 0.2) is 51.7 Å². The van der Waals surface area contributed by atoms with E-state index in [1.54, 1.807) is 6.26 Å². The molecular formula is C18H24BrNO. The second-order valence-corrected chi connectivity index (χ2v) is 6.90. The maximum Gasteiger partial charge on any atom is 0.0934 e. The second kappa shape index (κ2) is 8.40. The summed E-state index contributed by atoms with van der Waals surface area (Å²) >= 11 is 3.66. The summed E-state index contributed by atoms with van der Waals surface area (Å²) in [5.74, 6) is 1.25. The lowest BCUT2D eigenvalue weighted by Crippen LogP contribution is -2.28. The van der Waals surface area contributed by atoms with Crippen molar-refractivity contribution < 1.29 is 4.42 Å². The zero-order chi connectivity index (χ0) is 15.1. The number of rotatable bonds is 8. The molecule has 2 nitrogen and oxygen atoms in total. The van der Waals surface area contributed by atoms with Gasteiger partial charge in [0, 0.05) is 4.47 Å². The molecule has 0 amide bonds. The Kier molecular flexibility index (Phi) is 6.52. The summed E-state index contributed by atoms with van der Waals surface area (Å²) in [6.45, 7) is 6.58. The van der Waals surface area contributed by atoms with E-state index in [2.05, 4.69) is 65.4 Å². The third-order valence-corrected chi connectivity index (χ3v) is 4.33. The molecule has 2 aromatic rings. The minimum Gasteiger partial charge on any atom is -0.472 e. The first-order valence-electron chi connectivity index (χ1n) is 7.60. The summed E-state index contributed by atoms with van der Waals surface area (Å²) in [6, 6.07) is 10.6. The summed E-state index contributed by atoms with van der Waals surface area (Å²) in [5.41, 5.74) is 2.65. The second-order valence-electron chi connectivity index (χ2n) is 6.05. The van der Waals surface area contributed by atoms with Crippen molar-refractivity contribution in [2.45, 2.75) is 26.7 Å². The van der Waals surface area contributed by atoms with Gasteiger partial charge in [-0.3, -0.25) is 0 Å². The Hall–Kier alpha value is -1.06. The summed E-state index contributed by atoms with van der Waals surface area (Å²) in [7, 11) is 0. The van der Waals surface area contributed by atoms with Crippen LogP contribution in [0.1, 0.15) is 25.0 Å². The average Bonchev–Trinajstić information content (AvgIpc) is 2.93. The number of hydrogen-bond acceptors (Lipinski definition) is 2. The highest BCUT2D eigenvalue weighted by Crippen LogP contribution is 2.21. The van der Waals surface area contributed by atoms with E-state index in [1.807, 2.05) is 6.26 Å². The van der Waals surface area contributed by atoms with E-state index in [1.165, 1.54) is 15.6 Å². The molecule has 21 heavy (non-hydrogen) atoms. The molecule has 0 aliphatic rings. The Balaban J connectivity index is 1.98. The number of hydrogen-bond donors (Lipinski definition) is 1. The number of halogens is 1. The van der Waals surface area contributed by atoms with Gasteiger partial charge in [0.2, 0.25) is 0 Å². The third-order valence-electron chi connectivity index (χ3n) is 3.56. The average molecular weight is 350 g/mol. The zero-order valence-electron chi connectivity index (χ0n) is 12.8. The molecule has 2 rings (SSSR count). The molecule has 0 fully saturated rings. The number of furan rings is 1. The van der Waals surface area contributed by atoms with Crippen LogP contribution in [0.25, 0.3) is 0 Å². The van der Waals surface area contributed by atoms with Gasteiger partial charge < -0.3 is 9.73 Å². The molecule has 1 unspecified atom stereocenters. The molecule has 0 aliphatic carbocycles. The molecule has 0 bridgehead atoms. The quantitative estimate of drug-likeness (QED) is 0.747. The Labute approximate surface area is 136 Å². The van der Waals surface area contributed by atoms with Gasteiger partial charge in [0.25, 0.3) is 0 Å². The van der Waals surface area contributed by atoms with Gasteiger partial charge in [-0.05, 0) is 61.0 Å². The normalized spacial score (nSPS) is 12.8. The van der Waals surface area contributed by atoms with Crippen LogP contribution in [-0.2, 0) is 12.8 Å². The highest BCUT2D eigenvalue weighted by molar-refractivity contribution is 9.10. The molecule has 0 spiro atoms. The van der Waals surface area contributed by atoms with Gasteiger partial charge in [0.15, 0.2) is 0 Å². The number of benzene rings is 1. The molecule has 1 aromatic heterocycles. The molecule has 1 aromatic carbocycles. The molecule has 1 heterocycles. The van der Waals surface area contributed by atoms with Crippen LogP contribution in [0.2, 0.25) is 0 Å². The van der Waals surface area contributed by atoms with Crippen molar-refractivity contribution in [1.82, 2.24) is 5.32 Å². The molecule has 0 saturated heterocycles. The van der Waals surface area contributed by atoms with Gasteiger partial charge in [-0.15, -0.1) is 0 Å². The lowest BCUT2D eigenvalue weighted by Gasteiger charge is -2.19. The molecule has 3 heteroatoms. The summed E-state index contributed by atoms with van der Waals surface area (Å²) in [5, 5.41) is 3.59. The fourth-order valence-corrected chi connectivity index (χ4v) is 2.96. The van der Waals surface area contributed by atoms with Gasteiger partial charge in [-0.25, -0.2) is 0 Å². The van der Waals surface area contributed by atoms with Crippen molar-refractivity contribution in [3.63, 3.8) is 0 Å². The van der Waals surface area contributed by atoms with E-state index >= 15 is 0 Å². The minimum absolute atomic E-state index is 0.569. The molecule has 1 N–H and O–H groups in total. The molecule has 0 aliphatic heterocycles. The molecular weight excluding hydrogens is 326 g/mol. The fourth-order valence-electron chi connectivity index (χ4n) is 2.51. The number of nitrogens with one attached hydrogen (secondary N) is 1. The van der Waals surface area contributed by atoms with Crippen LogP contribution in [-0.4, -0.2) is 13.1 Å². The smallest absolute Gasteiger partial charge is 0.0934 e. The van der Waals surface area contributed by atoms with Crippen LogP contribution < -0.4 is 5.32 Å². The van der Waals surface area contributed by atoms with Gasteiger partial charge >= 0.3 is 0 Å². The van der Waals surface area contributed by atoms with E-state index in [0.717, 1.165) is 25.9 Å². The van der Waals surface area contributed by atoms with Crippen molar-refractivity contribution >= 4 is 15.9 Å². The van der Waals surface area contributed by atoms with Crippen LogP contribution >= 0.6 is 15.9 Å². The van der Waals surface area contributed by atoms with Crippen LogP contribution in [0.3, 0.4) is 0 Å². The fraction of sp³-hybridized carbons (Fsp3) is 0.444. The largest absolute Gasteiger partial charge is 0.472 e.